The van der Waals surface area contributed by atoms with Crippen LogP contribution in [0.5, 0.6) is 5.75 Å². The number of aliphatic hydroxyl groups excluding tert-OH is 1. The Morgan fingerprint density at radius 3 is 2.38 bits per heavy atom. The summed E-state index contributed by atoms with van der Waals surface area (Å²) in [6.07, 6.45) is 1.17. The Balaban J connectivity index is 2.22. The molecule has 0 fully saturated rings. The Morgan fingerprint density at radius 2 is 1.76 bits per heavy atom. The minimum absolute atomic E-state index is 0.113. The zero-order valence-corrected chi connectivity index (χ0v) is 13.3. The Morgan fingerprint density at radius 1 is 1.05 bits per heavy atom. The third-order valence-corrected chi connectivity index (χ3v) is 3.05. The normalized spacial score (nSPS) is 10.6. The SMILES string of the molecule is CN(C)CCCN(C)CCOc1ccc(C#CCO)cc1. The quantitative estimate of drug-likeness (QED) is 0.732. The summed E-state index contributed by atoms with van der Waals surface area (Å²) in [5.74, 6) is 6.34. The Bertz CT molecular complexity index is 446. The van der Waals surface area contributed by atoms with Crippen molar-refractivity contribution in [2.75, 3.05) is 54.0 Å². The number of hydrogen-bond donors (Lipinski definition) is 1. The van der Waals surface area contributed by atoms with Crippen LogP contribution in [0.1, 0.15) is 12.0 Å². The standard InChI is InChI=1S/C17H26N2O2/c1-18(2)11-5-12-19(3)13-15-21-17-9-7-16(8-10-17)6-4-14-20/h7-10,20H,5,11-15H2,1-3H3. The Hall–Kier alpha value is -1.54. The molecule has 1 aromatic carbocycles. The minimum Gasteiger partial charge on any atom is -0.492 e. The first-order chi connectivity index (χ1) is 10.1. The second kappa shape index (κ2) is 10.2. The zero-order chi connectivity index (χ0) is 15.5. The molecule has 4 heteroatoms. The fraction of sp³-hybridized carbons (Fsp3) is 0.529. The molecule has 1 rings (SSSR count). The van der Waals surface area contributed by atoms with Crippen molar-refractivity contribution >= 4 is 0 Å². The van der Waals surface area contributed by atoms with Crippen LogP contribution in [-0.2, 0) is 0 Å². The van der Waals surface area contributed by atoms with Gasteiger partial charge in [0.15, 0.2) is 0 Å². The number of benzene rings is 1. The monoisotopic (exact) mass is 290 g/mol. The minimum atomic E-state index is -0.113. The smallest absolute Gasteiger partial charge is 0.119 e. The van der Waals surface area contributed by atoms with E-state index < -0.39 is 0 Å². The van der Waals surface area contributed by atoms with Crippen LogP contribution in [0.2, 0.25) is 0 Å². The number of aliphatic hydroxyl groups is 1. The van der Waals surface area contributed by atoms with Gasteiger partial charge in [-0.15, -0.1) is 0 Å². The first kappa shape index (κ1) is 17.5. The summed E-state index contributed by atoms with van der Waals surface area (Å²) in [6, 6.07) is 7.62. The van der Waals surface area contributed by atoms with Crippen molar-refractivity contribution in [1.29, 1.82) is 0 Å². The highest BCUT2D eigenvalue weighted by Gasteiger charge is 2.00. The molecular weight excluding hydrogens is 264 g/mol. The lowest BCUT2D eigenvalue weighted by atomic mass is 10.2. The van der Waals surface area contributed by atoms with Gasteiger partial charge in [0.05, 0.1) is 0 Å². The predicted octanol–water partition coefficient (Wildman–Crippen LogP) is 1.29. The van der Waals surface area contributed by atoms with E-state index >= 15 is 0 Å². The van der Waals surface area contributed by atoms with Gasteiger partial charge in [0, 0.05) is 12.1 Å². The van der Waals surface area contributed by atoms with E-state index in [1.807, 2.05) is 24.3 Å². The van der Waals surface area contributed by atoms with Gasteiger partial charge >= 0.3 is 0 Å². The van der Waals surface area contributed by atoms with Crippen molar-refractivity contribution in [1.82, 2.24) is 9.80 Å². The Kier molecular flexibility index (Phi) is 8.53. The highest BCUT2D eigenvalue weighted by atomic mass is 16.5. The number of rotatable bonds is 8. The van der Waals surface area contributed by atoms with Crippen LogP contribution in [0, 0.1) is 11.8 Å². The lowest BCUT2D eigenvalue weighted by Crippen LogP contribution is -2.27. The molecule has 0 bridgehead atoms. The molecule has 1 N–H and O–H groups in total. The molecule has 0 radical (unpaired) electrons. The first-order valence-electron chi connectivity index (χ1n) is 7.27. The summed E-state index contributed by atoms with van der Waals surface area (Å²) in [5, 5.41) is 8.64. The summed E-state index contributed by atoms with van der Waals surface area (Å²) in [5.41, 5.74) is 0.886. The molecule has 0 aliphatic heterocycles. The van der Waals surface area contributed by atoms with Crippen molar-refractivity contribution in [2.45, 2.75) is 6.42 Å². The maximum Gasteiger partial charge on any atom is 0.119 e. The van der Waals surface area contributed by atoms with E-state index in [9.17, 15) is 0 Å². The molecule has 0 saturated carbocycles. The predicted molar refractivity (Wildman–Crippen MR) is 86.6 cm³/mol. The maximum atomic E-state index is 8.64. The lowest BCUT2D eigenvalue weighted by molar-refractivity contribution is 0.229. The Labute approximate surface area is 128 Å². The number of likely N-dealkylation sites (N-methyl/N-ethyl adjacent to an activating group) is 1. The second-order valence-corrected chi connectivity index (χ2v) is 5.29. The van der Waals surface area contributed by atoms with Crippen LogP contribution in [-0.4, -0.2) is 68.9 Å². The summed E-state index contributed by atoms with van der Waals surface area (Å²) in [4.78, 5) is 4.48. The number of ether oxygens (including phenoxy) is 1. The van der Waals surface area contributed by atoms with E-state index in [1.165, 1.54) is 6.42 Å². The molecule has 21 heavy (non-hydrogen) atoms. The molecule has 116 valence electrons. The van der Waals surface area contributed by atoms with Gasteiger partial charge in [-0.05, 0) is 64.9 Å². The number of hydrogen-bond acceptors (Lipinski definition) is 4. The summed E-state index contributed by atoms with van der Waals surface area (Å²) < 4.78 is 5.71. The van der Waals surface area contributed by atoms with Crippen molar-refractivity contribution in [3.63, 3.8) is 0 Å². The van der Waals surface area contributed by atoms with Gasteiger partial charge < -0.3 is 19.6 Å². The fourth-order valence-corrected chi connectivity index (χ4v) is 1.86. The van der Waals surface area contributed by atoms with Gasteiger partial charge in [-0.1, -0.05) is 11.8 Å². The van der Waals surface area contributed by atoms with Crippen molar-refractivity contribution in [3.05, 3.63) is 29.8 Å². The average molecular weight is 290 g/mol. The van der Waals surface area contributed by atoms with Crippen LogP contribution in [0.3, 0.4) is 0 Å². The molecule has 0 aliphatic rings. The summed E-state index contributed by atoms with van der Waals surface area (Å²) >= 11 is 0. The van der Waals surface area contributed by atoms with Gasteiger partial charge in [-0.25, -0.2) is 0 Å². The van der Waals surface area contributed by atoms with E-state index in [-0.39, 0.29) is 6.61 Å². The van der Waals surface area contributed by atoms with E-state index in [2.05, 4.69) is 42.8 Å². The topological polar surface area (TPSA) is 35.9 Å². The van der Waals surface area contributed by atoms with Crippen molar-refractivity contribution < 1.29 is 9.84 Å². The van der Waals surface area contributed by atoms with Crippen molar-refractivity contribution in [3.8, 4) is 17.6 Å². The largest absolute Gasteiger partial charge is 0.492 e. The molecule has 0 unspecified atom stereocenters. The van der Waals surface area contributed by atoms with Gasteiger partial charge in [0.1, 0.15) is 19.0 Å². The second-order valence-electron chi connectivity index (χ2n) is 5.29. The molecule has 0 atom stereocenters. The van der Waals surface area contributed by atoms with Crippen LogP contribution < -0.4 is 4.74 Å². The third-order valence-electron chi connectivity index (χ3n) is 3.05. The summed E-state index contributed by atoms with van der Waals surface area (Å²) in [6.45, 7) is 3.68. The van der Waals surface area contributed by atoms with Crippen LogP contribution in [0.15, 0.2) is 24.3 Å². The average Bonchev–Trinajstić information content (AvgIpc) is 2.46. The third kappa shape index (κ3) is 8.36. The van der Waals surface area contributed by atoms with Gasteiger partial charge in [-0.3, -0.25) is 0 Å². The van der Waals surface area contributed by atoms with E-state index in [0.29, 0.717) is 6.61 Å². The molecule has 1 aromatic rings. The zero-order valence-electron chi connectivity index (χ0n) is 13.3. The highest BCUT2D eigenvalue weighted by Crippen LogP contribution is 2.11. The van der Waals surface area contributed by atoms with Crippen LogP contribution >= 0.6 is 0 Å². The van der Waals surface area contributed by atoms with E-state index in [0.717, 1.165) is 30.9 Å². The fourth-order valence-electron chi connectivity index (χ4n) is 1.86. The van der Waals surface area contributed by atoms with Crippen LogP contribution in [0.25, 0.3) is 0 Å². The molecule has 0 amide bonds. The lowest BCUT2D eigenvalue weighted by Gasteiger charge is -2.18. The molecular formula is C17H26N2O2. The van der Waals surface area contributed by atoms with Crippen LogP contribution in [0.4, 0.5) is 0 Å². The molecule has 0 heterocycles. The van der Waals surface area contributed by atoms with Gasteiger partial charge in [0.25, 0.3) is 0 Å². The maximum absolute atomic E-state index is 8.64. The van der Waals surface area contributed by atoms with E-state index in [4.69, 9.17) is 9.84 Å². The van der Waals surface area contributed by atoms with Gasteiger partial charge in [0.2, 0.25) is 0 Å². The van der Waals surface area contributed by atoms with Gasteiger partial charge in [-0.2, -0.15) is 0 Å². The number of nitrogens with zero attached hydrogens (tertiary/aromatic N) is 2. The molecule has 0 spiro atoms. The molecule has 0 saturated heterocycles. The molecule has 0 aromatic heterocycles. The molecule has 0 aliphatic carbocycles. The summed E-state index contributed by atoms with van der Waals surface area (Å²) in [7, 11) is 6.31. The first-order valence-corrected chi connectivity index (χ1v) is 7.27. The van der Waals surface area contributed by atoms with E-state index in [1.54, 1.807) is 0 Å². The van der Waals surface area contributed by atoms with Crippen molar-refractivity contribution in [2.24, 2.45) is 0 Å². The molecule has 4 nitrogen and oxygen atoms in total. The highest BCUT2D eigenvalue weighted by molar-refractivity contribution is 5.38.